The summed E-state index contributed by atoms with van der Waals surface area (Å²) in [5.74, 6) is -0.196. The number of hydrogen-bond acceptors (Lipinski definition) is 3. The van der Waals surface area contributed by atoms with Crippen molar-refractivity contribution in [2.75, 3.05) is 11.6 Å². The second-order valence-corrected chi connectivity index (χ2v) is 8.03. The van der Waals surface area contributed by atoms with Crippen LogP contribution in [0.4, 0.5) is 5.69 Å². The molecule has 6 heteroatoms. The van der Waals surface area contributed by atoms with E-state index >= 15 is 0 Å². The molecule has 0 fully saturated rings. The van der Waals surface area contributed by atoms with E-state index in [1.807, 2.05) is 38.1 Å². The fourth-order valence-corrected chi connectivity index (χ4v) is 3.06. The van der Waals surface area contributed by atoms with Crippen molar-refractivity contribution in [3.8, 4) is 0 Å². The molecule has 2 aromatic carbocycles. The first-order valence-corrected chi connectivity index (χ1v) is 9.37. The van der Waals surface area contributed by atoms with Crippen molar-refractivity contribution in [3.05, 3.63) is 58.6 Å². The minimum atomic E-state index is -3.41. The normalized spacial score (nSPS) is 11.5. The van der Waals surface area contributed by atoms with Crippen molar-refractivity contribution in [2.45, 2.75) is 24.7 Å². The molecule has 0 aliphatic carbocycles. The van der Waals surface area contributed by atoms with Gasteiger partial charge in [-0.05, 0) is 35.7 Å². The highest BCUT2D eigenvalue weighted by Gasteiger charge is 2.17. The Hall–Kier alpha value is -1.85. The Bertz CT molecular complexity index is 845. The molecule has 0 saturated carbocycles. The van der Waals surface area contributed by atoms with Crippen LogP contribution in [0.15, 0.2) is 47.4 Å². The summed E-state index contributed by atoms with van der Waals surface area (Å²) in [4.78, 5) is 12.6. The highest BCUT2D eigenvalue weighted by Crippen LogP contribution is 2.26. The van der Waals surface area contributed by atoms with Gasteiger partial charge < -0.3 is 5.32 Å². The SMILES string of the molecule is CC(C)c1ccccc1NC(=O)c1cc(S(C)(=O)=O)ccc1Cl. The minimum absolute atomic E-state index is 0.0594. The third-order valence-corrected chi connectivity index (χ3v) is 4.88. The second-order valence-electron chi connectivity index (χ2n) is 5.61. The average molecular weight is 352 g/mol. The number of carbonyl (C=O) groups is 1. The lowest BCUT2D eigenvalue weighted by Gasteiger charge is -2.14. The smallest absolute Gasteiger partial charge is 0.257 e. The van der Waals surface area contributed by atoms with Crippen molar-refractivity contribution in [2.24, 2.45) is 0 Å². The van der Waals surface area contributed by atoms with E-state index in [-0.39, 0.29) is 21.4 Å². The first-order chi connectivity index (χ1) is 10.7. The van der Waals surface area contributed by atoms with Crippen molar-refractivity contribution in [3.63, 3.8) is 0 Å². The summed E-state index contributed by atoms with van der Waals surface area (Å²) in [5, 5.41) is 3.01. The maximum atomic E-state index is 12.5. The molecule has 2 rings (SSSR count). The number of anilines is 1. The standard InChI is InChI=1S/C17H18ClNO3S/c1-11(2)13-6-4-5-7-16(13)19-17(20)14-10-12(23(3,21)22)8-9-15(14)18/h4-11H,1-3H3,(H,19,20). The lowest BCUT2D eigenvalue weighted by Crippen LogP contribution is -2.15. The largest absolute Gasteiger partial charge is 0.322 e. The number of rotatable bonds is 4. The van der Waals surface area contributed by atoms with Gasteiger partial charge in [0.2, 0.25) is 0 Å². The molecular formula is C17H18ClNO3S. The molecule has 1 N–H and O–H groups in total. The van der Waals surface area contributed by atoms with E-state index in [1.54, 1.807) is 0 Å². The van der Waals surface area contributed by atoms with Gasteiger partial charge in [0, 0.05) is 11.9 Å². The summed E-state index contributed by atoms with van der Waals surface area (Å²) in [7, 11) is -3.41. The maximum absolute atomic E-state index is 12.5. The van der Waals surface area contributed by atoms with Crippen LogP contribution in [0.3, 0.4) is 0 Å². The highest BCUT2D eigenvalue weighted by atomic mass is 35.5. The van der Waals surface area contributed by atoms with Gasteiger partial charge in [-0.1, -0.05) is 43.6 Å². The zero-order chi connectivity index (χ0) is 17.2. The van der Waals surface area contributed by atoms with Gasteiger partial charge in [-0.15, -0.1) is 0 Å². The zero-order valence-corrected chi connectivity index (χ0v) is 14.7. The van der Waals surface area contributed by atoms with E-state index < -0.39 is 15.7 Å². The molecule has 0 heterocycles. The van der Waals surface area contributed by atoms with Gasteiger partial charge in [-0.3, -0.25) is 4.79 Å². The van der Waals surface area contributed by atoms with Gasteiger partial charge >= 0.3 is 0 Å². The molecule has 4 nitrogen and oxygen atoms in total. The van der Waals surface area contributed by atoms with E-state index in [0.29, 0.717) is 5.69 Å². The maximum Gasteiger partial charge on any atom is 0.257 e. The number of sulfone groups is 1. The first-order valence-electron chi connectivity index (χ1n) is 7.10. The van der Waals surface area contributed by atoms with E-state index in [1.165, 1.54) is 18.2 Å². The Morgan fingerprint density at radius 2 is 1.78 bits per heavy atom. The van der Waals surface area contributed by atoms with Crippen LogP contribution >= 0.6 is 11.6 Å². The van der Waals surface area contributed by atoms with E-state index in [2.05, 4.69) is 5.32 Å². The van der Waals surface area contributed by atoms with Crippen molar-refractivity contribution < 1.29 is 13.2 Å². The van der Waals surface area contributed by atoms with Gasteiger partial charge in [0.05, 0.1) is 15.5 Å². The van der Waals surface area contributed by atoms with Crippen LogP contribution in [0, 0.1) is 0 Å². The molecule has 0 bridgehead atoms. The average Bonchev–Trinajstić information content (AvgIpc) is 2.46. The van der Waals surface area contributed by atoms with Crippen LogP contribution < -0.4 is 5.32 Å². The summed E-state index contributed by atoms with van der Waals surface area (Å²) < 4.78 is 23.3. The highest BCUT2D eigenvalue weighted by molar-refractivity contribution is 7.90. The third-order valence-electron chi connectivity index (χ3n) is 3.44. The fraction of sp³-hybridized carbons (Fsp3) is 0.235. The van der Waals surface area contributed by atoms with Crippen LogP contribution in [-0.4, -0.2) is 20.6 Å². The number of nitrogens with one attached hydrogen (secondary N) is 1. The summed E-state index contributed by atoms with van der Waals surface area (Å²) >= 11 is 6.05. The van der Waals surface area contributed by atoms with E-state index in [0.717, 1.165) is 11.8 Å². The zero-order valence-electron chi connectivity index (χ0n) is 13.1. The molecular weight excluding hydrogens is 334 g/mol. The van der Waals surface area contributed by atoms with Gasteiger partial charge in [0.1, 0.15) is 0 Å². The Morgan fingerprint density at radius 3 is 2.39 bits per heavy atom. The first kappa shape index (κ1) is 17.5. The third kappa shape index (κ3) is 4.12. The Balaban J connectivity index is 2.39. The van der Waals surface area contributed by atoms with Gasteiger partial charge in [-0.2, -0.15) is 0 Å². The summed E-state index contributed by atoms with van der Waals surface area (Å²) in [6, 6.07) is 11.6. The van der Waals surface area contributed by atoms with Crippen molar-refractivity contribution in [1.29, 1.82) is 0 Å². The number of para-hydroxylation sites is 1. The number of hydrogen-bond donors (Lipinski definition) is 1. The van der Waals surface area contributed by atoms with Gasteiger partial charge in [-0.25, -0.2) is 8.42 Å². The molecule has 0 aromatic heterocycles. The van der Waals surface area contributed by atoms with Crippen LogP contribution in [0.1, 0.15) is 35.7 Å². The number of carbonyl (C=O) groups excluding carboxylic acids is 1. The van der Waals surface area contributed by atoms with Crippen molar-refractivity contribution in [1.82, 2.24) is 0 Å². The van der Waals surface area contributed by atoms with Crippen LogP contribution in [0.5, 0.6) is 0 Å². The molecule has 0 radical (unpaired) electrons. The molecule has 0 atom stereocenters. The van der Waals surface area contributed by atoms with Crippen molar-refractivity contribution >= 4 is 33.0 Å². The molecule has 0 spiro atoms. The van der Waals surface area contributed by atoms with Gasteiger partial charge in [0.15, 0.2) is 9.84 Å². The van der Waals surface area contributed by atoms with Gasteiger partial charge in [0.25, 0.3) is 5.91 Å². The minimum Gasteiger partial charge on any atom is -0.322 e. The predicted octanol–water partition coefficient (Wildman–Crippen LogP) is 4.12. The molecule has 0 aliphatic rings. The quantitative estimate of drug-likeness (QED) is 0.901. The molecule has 2 aromatic rings. The number of amides is 1. The topological polar surface area (TPSA) is 63.2 Å². The Morgan fingerprint density at radius 1 is 1.13 bits per heavy atom. The number of halogens is 1. The number of benzene rings is 2. The molecule has 1 amide bonds. The lowest BCUT2D eigenvalue weighted by molar-refractivity contribution is 0.102. The molecule has 0 aliphatic heterocycles. The van der Waals surface area contributed by atoms with Crippen LogP contribution in [-0.2, 0) is 9.84 Å². The second kappa shape index (κ2) is 6.72. The molecule has 0 saturated heterocycles. The fourth-order valence-electron chi connectivity index (χ4n) is 2.21. The van der Waals surface area contributed by atoms with Crippen LogP contribution in [0.2, 0.25) is 5.02 Å². The Labute approximate surface area is 141 Å². The van der Waals surface area contributed by atoms with E-state index in [9.17, 15) is 13.2 Å². The predicted molar refractivity (Wildman–Crippen MR) is 93.0 cm³/mol. The van der Waals surface area contributed by atoms with Crippen LogP contribution in [0.25, 0.3) is 0 Å². The van der Waals surface area contributed by atoms with E-state index in [4.69, 9.17) is 11.6 Å². The molecule has 0 unspecified atom stereocenters. The summed E-state index contributed by atoms with van der Waals surface area (Å²) in [6.45, 7) is 4.06. The Kier molecular flexibility index (Phi) is 5.12. The summed E-state index contributed by atoms with van der Waals surface area (Å²) in [5.41, 5.74) is 1.82. The summed E-state index contributed by atoms with van der Waals surface area (Å²) in [6.07, 6.45) is 1.09. The lowest BCUT2D eigenvalue weighted by atomic mass is 10.0. The molecule has 122 valence electrons. The molecule has 23 heavy (non-hydrogen) atoms. The monoisotopic (exact) mass is 351 g/mol.